The fourth-order valence-corrected chi connectivity index (χ4v) is 2.66. The highest BCUT2D eigenvalue weighted by atomic mass is 32.2. The fourth-order valence-electron chi connectivity index (χ4n) is 1.19. The predicted molar refractivity (Wildman–Crippen MR) is 67.7 cm³/mol. The van der Waals surface area contributed by atoms with E-state index in [-0.39, 0.29) is 0 Å². The van der Waals surface area contributed by atoms with Gasteiger partial charge in [-0.1, -0.05) is 11.8 Å². The second-order valence-electron chi connectivity index (χ2n) is 3.26. The minimum absolute atomic E-state index is 0.516. The number of aromatic nitrogens is 3. The van der Waals surface area contributed by atoms with E-state index in [2.05, 4.69) is 20.3 Å². The maximum absolute atomic E-state index is 10.8. The quantitative estimate of drug-likeness (QED) is 0.817. The molecule has 0 saturated heterocycles. The lowest BCUT2D eigenvalue weighted by Gasteiger charge is -2.09. The smallest absolute Gasteiger partial charge is 0.325 e. The van der Waals surface area contributed by atoms with Crippen molar-refractivity contribution in [1.29, 1.82) is 0 Å². The average molecular weight is 270 g/mol. The van der Waals surface area contributed by atoms with Crippen molar-refractivity contribution >= 4 is 45.2 Å². The highest BCUT2D eigenvalue weighted by Gasteiger charge is 2.15. The van der Waals surface area contributed by atoms with E-state index in [4.69, 9.17) is 5.11 Å². The third-order valence-electron chi connectivity index (χ3n) is 2.07. The minimum Gasteiger partial charge on any atom is -0.480 e. The van der Waals surface area contributed by atoms with E-state index in [1.807, 2.05) is 6.26 Å². The molecule has 2 aromatic rings. The Hall–Kier alpha value is -1.41. The van der Waals surface area contributed by atoms with Crippen LogP contribution in [0, 0.1) is 0 Å². The molecule has 1 atom stereocenters. The SMILES string of the molecule is CSc1nc2ncnc(N[C@H](C)C(=O)O)c2s1. The predicted octanol–water partition coefficient (Wildman–Crippen LogP) is 1.69. The third kappa shape index (κ3) is 2.47. The molecule has 2 N–H and O–H groups in total. The number of thiazole rings is 1. The molecule has 0 aromatic carbocycles. The van der Waals surface area contributed by atoms with Crippen molar-refractivity contribution in [3.63, 3.8) is 0 Å². The van der Waals surface area contributed by atoms with E-state index in [1.165, 1.54) is 29.4 Å². The summed E-state index contributed by atoms with van der Waals surface area (Å²) in [7, 11) is 0. The van der Waals surface area contributed by atoms with E-state index < -0.39 is 12.0 Å². The lowest BCUT2D eigenvalue weighted by molar-refractivity contribution is -0.137. The Balaban J connectivity index is 2.39. The molecule has 2 heterocycles. The van der Waals surface area contributed by atoms with Crippen LogP contribution in [0.25, 0.3) is 10.3 Å². The molecule has 0 aliphatic carbocycles. The topological polar surface area (TPSA) is 88.0 Å². The molecule has 6 nitrogen and oxygen atoms in total. The molecule has 0 spiro atoms. The highest BCUT2D eigenvalue weighted by molar-refractivity contribution is 8.00. The summed E-state index contributed by atoms with van der Waals surface area (Å²) in [4.78, 5) is 23.2. The molecule has 2 rings (SSSR count). The molecule has 0 bridgehead atoms. The first-order valence-corrected chi connectivity index (χ1v) is 6.81. The van der Waals surface area contributed by atoms with Crippen LogP contribution >= 0.6 is 23.1 Å². The number of anilines is 1. The van der Waals surface area contributed by atoms with Gasteiger partial charge in [-0.15, -0.1) is 11.3 Å². The van der Waals surface area contributed by atoms with Crippen molar-refractivity contribution in [3.8, 4) is 0 Å². The summed E-state index contributed by atoms with van der Waals surface area (Å²) in [5.41, 5.74) is 0.592. The molecular formula is C9H10N4O2S2. The summed E-state index contributed by atoms with van der Waals surface area (Å²) < 4.78 is 1.66. The first kappa shape index (κ1) is 12.1. The van der Waals surface area contributed by atoms with Gasteiger partial charge in [0.1, 0.15) is 22.9 Å². The minimum atomic E-state index is -0.925. The monoisotopic (exact) mass is 270 g/mol. The zero-order valence-corrected chi connectivity index (χ0v) is 10.8. The number of rotatable bonds is 4. The van der Waals surface area contributed by atoms with Gasteiger partial charge in [-0.3, -0.25) is 4.79 Å². The second-order valence-corrected chi connectivity index (χ2v) is 5.32. The van der Waals surface area contributed by atoms with Gasteiger partial charge in [0.05, 0.1) is 0 Å². The normalized spacial score (nSPS) is 12.6. The molecule has 0 aliphatic heterocycles. The van der Waals surface area contributed by atoms with Crippen molar-refractivity contribution in [2.75, 3.05) is 11.6 Å². The van der Waals surface area contributed by atoms with Gasteiger partial charge in [-0.05, 0) is 13.2 Å². The molecule has 0 fully saturated rings. The van der Waals surface area contributed by atoms with Gasteiger partial charge in [-0.25, -0.2) is 15.0 Å². The van der Waals surface area contributed by atoms with E-state index in [1.54, 1.807) is 6.92 Å². The Bertz CT molecular complexity index is 557. The van der Waals surface area contributed by atoms with E-state index in [9.17, 15) is 4.79 Å². The maximum atomic E-state index is 10.8. The number of nitrogens with one attached hydrogen (secondary N) is 1. The summed E-state index contributed by atoms with van der Waals surface area (Å²) >= 11 is 2.97. The highest BCUT2D eigenvalue weighted by Crippen LogP contribution is 2.30. The average Bonchev–Trinajstić information content (AvgIpc) is 2.72. The summed E-state index contributed by atoms with van der Waals surface area (Å²) in [6.07, 6.45) is 3.31. The molecule has 0 radical (unpaired) electrons. The molecule has 0 amide bonds. The lowest BCUT2D eigenvalue weighted by atomic mass is 10.3. The van der Waals surface area contributed by atoms with Crippen LogP contribution in [0.4, 0.5) is 5.82 Å². The first-order chi connectivity index (χ1) is 8.11. The molecule has 2 aromatic heterocycles. The molecule has 0 unspecified atom stereocenters. The van der Waals surface area contributed by atoms with Crippen molar-refractivity contribution in [3.05, 3.63) is 6.33 Å². The second kappa shape index (κ2) is 4.84. The Morgan fingerprint density at radius 2 is 2.35 bits per heavy atom. The molecule has 17 heavy (non-hydrogen) atoms. The van der Waals surface area contributed by atoms with Crippen LogP contribution in [0.1, 0.15) is 6.92 Å². The Kier molecular flexibility index (Phi) is 3.43. The molecule has 8 heteroatoms. The van der Waals surface area contributed by atoms with Crippen LogP contribution in [0.5, 0.6) is 0 Å². The number of carboxylic acids is 1. The number of carboxylic acid groups (broad SMARTS) is 1. The van der Waals surface area contributed by atoms with Gasteiger partial charge in [0.15, 0.2) is 9.99 Å². The number of hydrogen-bond donors (Lipinski definition) is 2. The van der Waals surface area contributed by atoms with E-state index in [0.29, 0.717) is 11.5 Å². The van der Waals surface area contributed by atoms with Crippen molar-refractivity contribution < 1.29 is 9.90 Å². The number of hydrogen-bond acceptors (Lipinski definition) is 7. The number of thioether (sulfide) groups is 1. The van der Waals surface area contributed by atoms with Gasteiger partial charge in [-0.2, -0.15) is 0 Å². The van der Waals surface area contributed by atoms with Crippen molar-refractivity contribution in [2.24, 2.45) is 0 Å². The summed E-state index contributed by atoms with van der Waals surface area (Å²) in [5, 5.41) is 11.7. The largest absolute Gasteiger partial charge is 0.480 e. The Labute approximate surface area is 106 Å². The van der Waals surface area contributed by atoms with Gasteiger partial charge in [0.2, 0.25) is 0 Å². The lowest BCUT2D eigenvalue weighted by Crippen LogP contribution is -2.25. The van der Waals surface area contributed by atoms with Crippen molar-refractivity contribution in [1.82, 2.24) is 15.0 Å². The van der Waals surface area contributed by atoms with Gasteiger partial charge < -0.3 is 10.4 Å². The summed E-state index contributed by atoms with van der Waals surface area (Å²) in [6, 6.07) is -0.701. The molecule has 0 aliphatic rings. The summed E-state index contributed by atoms with van der Waals surface area (Å²) in [5.74, 6) is -0.408. The zero-order chi connectivity index (χ0) is 12.4. The number of fused-ring (bicyclic) bond motifs is 1. The fraction of sp³-hybridized carbons (Fsp3) is 0.333. The van der Waals surface area contributed by atoms with Gasteiger partial charge in [0.25, 0.3) is 0 Å². The molecular weight excluding hydrogens is 260 g/mol. The number of carbonyl (C=O) groups is 1. The first-order valence-electron chi connectivity index (χ1n) is 4.76. The van der Waals surface area contributed by atoms with Crippen LogP contribution in [0.2, 0.25) is 0 Å². The van der Waals surface area contributed by atoms with Crippen LogP contribution in [0.3, 0.4) is 0 Å². The molecule has 90 valence electrons. The Morgan fingerprint density at radius 3 is 3.00 bits per heavy atom. The van der Waals surface area contributed by atoms with Crippen LogP contribution < -0.4 is 5.32 Å². The third-order valence-corrected chi connectivity index (χ3v) is 4.11. The van der Waals surface area contributed by atoms with Crippen molar-refractivity contribution in [2.45, 2.75) is 17.3 Å². The van der Waals surface area contributed by atoms with Crippen LogP contribution in [0.15, 0.2) is 10.7 Å². The number of nitrogens with zero attached hydrogens (tertiary/aromatic N) is 3. The maximum Gasteiger partial charge on any atom is 0.325 e. The van der Waals surface area contributed by atoms with Crippen LogP contribution in [-0.2, 0) is 4.79 Å². The van der Waals surface area contributed by atoms with Gasteiger partial charge >= 0.3 is 5.97 Å². The Morgan fingerprint density at radius 1 is 1.59 bits per heavy atom. The number of aliphatic carboxylic acids is 1. The molecule has 0 saturated carbocycles. The standard InChI is InChI=1S/C9H10N4O2S2/c1-4(8(14)15)12-6-5-7(11-3-10-6)13-9(16-2)17-5/h3-4H,1-2H3,(H,14,15)(H,10,11,12)/t4-/m1/s1. The van der Waals surface area contributed by atoms with E-state index in [0.717, 1.165) is 9.04 Å². The van der Waals surface area contributed by atoms with Crippen LogP contribution in [-0.4, -0.2) is 38.3 Å². The summed E-state index contributed by atoms with van der Waals surface area (Å²) in [6.45, 7) is 1.56. The van der Waals surface area contributed by atoms with E-state index >= 15 is 0 Å². The van der Waals surface area contributed by atoms with Gasteiger partial charge in [0, 0.05) is 0 Å². The zero-order valence-electron chi connectivity index (χ0n) is 9.17.